The van der Waals surface area contributed by atoms with Gasteiger partial charge in [-0.1, -0.05) is 60.1 Å². The molecule has 0 unspecified atom stereocenters. The van der Waals surface area contributed by atoms with Crippen molar-refractivity contribution < 1.29 is 17.9 Å². The first kappa shape index (κ1) is 22.7. The first-order valence-electron chi connectivity index (χ1n) is 9.87. The molecule has 4 rings (SSSR count). The van der Waals surface area contributed by atoms with Crippen LogP contribution < -0.4 is 10.0 Å². The number of ether oxygens (including phenoxy) is 1. The van der Waals surface area contributed by atoms with Crippen molar-refractivity contribution in [3.8, 4) is 0 Å². The van der Waals surface area contributed by atoms with Crippen molar-refractivity contribution >= 4 is 50.1 Å². The van der Waals surface area contributed by atoms with Crippen molar-refractivity contribution in [2.45, 2.75) is 11.5 Å². The van der Waals surface area contributed by atoms with E-state index in [0.717, 1.165) is 5.56 Å². The summed E-state index contributed by atoms with van der Waals surface area (Å²) in [6.07, 6.45) is 0. The van der Waals surface area contributed by atoms with Gasteiger partial charge in [-0.25, -0.2) is 18.4 Å². The van der Waals surface area contributed by atoms with Gasteiger partial charge in [0, 0.05) is 5.69 Å². The van der Waals surface area contributed by atoms with Crippen molar-refractivity contribution in [3.63, 3.8) is 0 Å². The molecule has 0 saturated heterocycles. The second-order valence-electron chi connectivity index (χ2n) is 7.01. The molecule has 1 amide bonds. The van der Waals surface area contributed by atoms with Crippen LogP contribution in [0.1, 0.15) is 5.56 Å². The number of sulfonamides is 1. The number of para-hydroxylation sites is 2. The van der Waals surface area contributed by atoms with Crippen LogP contribution in [0, 0.1) is 0 Å². The molecule has 4 aromatic rings. The van der Waals surface area contributed by atoms with Gasteiger partial charge in [0.25, 0.3) is 10.0 Å². The Labute approximate surface area is 195 Å². The molecule has 0 atom stereocenters. The van der Waals surface area contributed by atoms with Gasteiger partial charge in [-0.2, -0.15) is 0 Å². The molecule has 168 valence electrons. The standard InChI is InChI=1S/C23H19ClN4O4S/c24-22-23(27-20-12-5-4-11-19(20)26-22)28-33(30,31)18-10-6-9-17(13-18)25-21(29)15-32-14-16-7-2-1-3-8-16/h1-13H,14-15H2,(H,25,29)(H,27,28). The van der Waals surface area contributed by atoms with Crippen molar-refractivity contribution in [2.75, 3.05) is 16.6 Å². The Hall–Kier alpha value is -3.53. The van der Waals surface area contributed by atoms with Crippen LogP contribution in [0.25, 0.3) is 11.0 Å². The number of nitrogens with one attached hydrogen (secondary N) is 2. The first-order chi connectivity index (χ1) is 15.9. The molecule has 8 nitrogen and oxygen atoms in total. The highest BCUT2D eigenvalue weighted by atomic mass is 35.5. The highest BCUT2D eigenvalue weighted by molar-refractivity contribution is 7.92. The Bertz CT molecular complexity index is 1400. The SMILES string of the molecule is O=C(COCc1ccccc1)Nc1cccc(S(=O)(=O)Nc2nc3ccccc3nc2Cl)c1. The Morgan fingerprint density at radius 1 is 0.909 bits per heavy atom. The lowest BCUT2D eigenvalue weighted by atomic mass is 10.2. The Balaban J connectivity index is 1.43. The number of benzene rings is 3. The Kier molecular flexibility index (Phi) is 6.83. The van der Waals surface area contributed by atoms with E-state index in [-0.39, 0.29) is 22.5 Å². The highest BCUT2D eigenvalue weighted by Gasteiger charge is 2.19. The van der Waals surface area contributed by atoms with Gasteiger partial charge in [-0.3, -0.25) is 9.52 Å². The van der Waals surface area contributed by atoms with E-state index in [2.05, 4.69) is 20.0 Å². The lowest BCUT2D eigenvalue weighted by molar-refractivity contribution is -0.121. The molecule has 0 fully saturated rings. The molecular formula is C23H19ClN4O4S. The number of aromatic nitrogens is 2. The maximum atomic E-state index is 12.9. The van der Waals surface area contributed by atoms with Gasteiger partial charge in [0.2, 0.25) is 5.91 Å². The van der Waals surface area contributed by atoms with Crippen LogP contribution in [-0.2, 0) is 26.2 Å². The van der Waals surface area contributed by atoms with E-state index < -0.39 is 15.9 Å². The van der Waals surface area contributed by atoms with E-state index in [0.29, 0.717) is 23.3 Å². The van der Waals surface area contributed by atoms with E-state index in [1.807, 2.05) is 30.3 Å². The summed E-state index contributed by atoms with van der Waals surface area (Å²) in [7, 11) is -4.04. The number of fused-ring (bicyclic) bond motifs is 1. The number of anilines is 2. The fraction of sp³-hybridized carbons (Fsp3) is 0.0870. The number of hydrogen-bond acceptors (Lipinski definition) is 6. The molecule has 0 aliphatic heterocycles. The van der Waals surface area contributed by atoms with Crippen LogP contribution in [-0.4, -0.2) is 30.9 Å². The molecule has 33 heavy (non-hydrogen) atoms. The average Bonchev–Trinajstić information content (AvgIpc) is 2.80. The van der Waals surface area contributed by atoms with Gasteiger partial charge in [0.05, 0.1) is 22.5 Å². The number of halogens is 1. The summed E-state index contributed by atoms with van der Waals surface area (Å²) >= 11 is 6.12. The van der Waals surface area contributed by atoms with E-state index in [9.17, 15) is 13.2 Å². The minimum absolute atomic E-state index is 0.0719. The zero-order valence-electron chi connectivity index (χ0n) is 17.2. The lowest BCUT2D eigenvalue weighted by Crippen LogP contribution is -2.19. The van der Waals surface area contributed by atoms with E-state index in [4.69, 9.17) is 16.3 Å². The zero-order valence-corrected chi connectivity index (χ0v) is 18.8. The van der Waals surface area contributed by atoms with Gasteiger partial charge in [0.1, 0.15) is 6.61 Å². The number of carbonyl (C=O) groups is 1. The molecule has 0 spiro atoms. The Morgan fingerprint density at radius 2 is 1.61 bits per heavy atom. The molecule has 1 heterocycles. The smallest absolute Gasteiger partial charge is 0.263 e. The topological polar surface area (TPSA) is 110 Å². The van der Waals surface area contributed by atoms with Crippen LogP contribution in [0.4, 0.5) is 11.5 Å². The lowest BCUT2D eigenvalue weighted by Gasteiger charge is -2.11. The van der Waals surface area contributed by atoms with E-state index in [1.165, 1.54) is 18.2 Å². The zero-order chi connectivity index (χ0) is 23.3. The number of hydrogen-bond donors (Lipinski definition) is 2. The summed E-state index contributed by atoms with van der Waals surface area (Å²) in [6.45, 7) is 0.118. The number of amides is 1. The van der Waals surface area contributed by atoms with Gasteiger partial charge in [0.15, 0.2) is 11.0 Å². The van der Waals surface area contributed by atoms with Gasteiger partial charge in [-0.15, -0.1) is 0 Å². The minimum atomic E-state index is -4.04. The largest absolute Gasteiger partial charge is 0.367 e. The summed E-state index contributed by atoms with van der Waals surface area (Å²) < 4.78 is 33.5. The summed E-state index contributed by atoms with van der Waals surface area (Å²) in [4.78, 5) is 20.5. The summed E-state index contributed by atoms with van der Waals surface area (Å²) in [6, 6.07) is 22.2. The molecule has 3 aromatic carbocycles. The van der Waals surface area contributed by atoms with Crippen LogP contribution in [0.5, 0.6) is 0 Å². The molecule has 0 aliphatic carbocycles. The third kappa shape index (κ3) is 5.83. The Morgan fingerprint density at radius 3 is 2.36 bits per heavy atom. The van der Waals surface area contributed by atoms with Gasteiger partial charge >= 0.3 is 0 Å². The second kappa shape index (κ2) is 9.95. The monoisotopic (exact) mass is 482 g/mol. The fourth-order valence-electron chi connectivity index (χ4n) is 3.00. The van der Waals surface area contributed by atoms with Crippen LogP contribution in [0.2, 0.25) is 5.15 Å². The van der Waals surface area contributed by atoms with E-state index in [1.54, 1.807) is 30.3 Å². The quantitative estimate of drug-likeness (QED) is 0.388. The van der Waals surface area contributed by atoms with Crippen LogP contribution >= 0.6 is 11.6 Å². The third-order valence-electron chi connectivity index (χ3n) is 4.53. The number of nitrogens with zero attached hydrogens (tertiary/aromatic N) is 2. The van der Waals surface area contributed by atoms with Crippen molar-refractivity contribution in [2.24, 2.45) is 0 Å². The summed E-state index contributed by atoms with van der Waals surface area (Å²) in [5, 5.41) is 2.56. The molecule has 1 aromatic heterocycles. The fourth-order valence-corrected chi connectivity index (χ4v) is 4.29. The summed E-state index contributed by atoms with van der Waals surface area (Å²) in [5.41, 5.74) is 2.29. The van der Waals surface area contributed by atoms with Gasteiger partial charge < -0.3 is 10.1 Å². The molecule has 2 N–H and O–H groups in total. The number of carbonyl (C=O) groups excluding carboxylic acids is 1. The minimum Gasteiger partial charge on any atom is -0.367 e. The highest BCUT2D eigenvalue weighted by Crippen LogP contribution is 2.24. The van der Waals surface area contributed by atoms with Crippen molar-refractivity contribution in [1.29, 1.82) is 0 Å². The normalized spacial score (nSPS) is 11.3. The molecule has 0 bridgehead atoms. The molecule has 0 radical (unpaired) electrons. The summed E-state index contributed by atoms with van der Waals surface area (Å²) in [5.74, 6) is -0.490. The van der Waals surface area contributed by atoms with Crippen LogP contribution in [0.3, 0.4) is 0 Å². The molecule has 0 saturated carbocycles. The molecule has 10 heteroatoms. The number of rotatable bonds is 8. The van der Waals surface area contributed by atoms with E-state index >= 15 is 0 Å². The second-order valence-corrected chi connectivity index (χ2v) is 9.05. The van der Waals surface area contributed by atoms with Crippen molar-refractivity contribution in [1.82, 2.24) is 9.97 Å². The predicted molar refractivity (Wildman–Crippen MR) is 127 cm³/mol. The predicted octanol–water partition coefficient (Wildman–Crippen LogP) is 4.24. The molecular weight excluding hydrogens is 464 g/mol. The molecule has 0 aliphatic rings. The average molecular weight is 483 g/mol. The van der Waals surface area contributed by atoms with Crippen LogP contribution in [0.15, 0.2) is 83.8 Å². The first-order valence-corrected chi connectivity index (χ1v) is 11.7. The van der Waals surface area contributed by atoms with Gasteiger partial charge in [-0.05, 0) is 35.9 Å². The van der Waals surface area contributed by atoms with Crippen molar-refractivity contribution in [3.05, 3.63) is 89.6 Å². The maximum absolute atomic E-state index is 12.9. The third-order valence-corrected chi connectivity index (χ3v) is 6.13. The maximum Gasteiger partial charge on any atom is 0.263 e.